The average Bonchev–Trinajstić information content (AvgIpc) is 3.28. The van der Waals surface area contributed by atoms with Crippen molar-refractivity contribution in [1.29, 1.82) is 0 Å². The second-order valence-corrected chi connectivity index (χ2v) is 7.01. The van der Waals surface area contributed by atoms with E-state index in [-0.39, 0.29) is 0 Å². The molecule has 3 aromatic rings. The second-order valence-electron chi connectivity index (χ2n) is 5.98. The lowest BCUT2D eigenvalue weighted by Crippen LogP contribution is -2.11. The fourth-order valence-electron chi connectivity index (χ4n) is 2.93. The van der Waals surface area contributed by atoms with Crippen LogP contribution in [0.4, 0.5) is 10.9 Å². The Morgan fingerprint density at radius 3 is 2.92 bits per heavy atom. The first kappa shape index (κ1) is 15.2. The van der Waals surface area contributed by atoms with Gasteiger partial charge in [0.15, 0.2) is 10.9 Å². The molecule has 24 heavy (non-hydrogen) atoms. The van der Waals surface area contributed by atoms with Gasteiger partial charge < -0.3 is 10.6 Å². The molecule has 1 atom stereocenters. The van der Waals surface area contributed by atoms with E-state index in [9.17, 15) is 0 Å². The Labute approximate surface area is 145 Å². The highest BCUT2D eigenvalue weighted by molar-refractivity contribution is 7.18. The summed E-state index contributed by atoms with van der Waals surface area (Å²) < 4.78 is 0. The van der Waals surface area contributed by atoms with Gasteiger partial charge in [0, 0.05) is 12.4 Å². The van der Waals surface area contributed by atoms with Crippen LogP contribution in [0.5, 0.6) is 0 Å². The molecule has 0 amide bonds. The smallest absolute Gasteiger partial charge is 0.188 e. The highest BCUT2D eigenvalue weighted by Gasteiger charge is 2.16. The van der Waals surface area contributed by atoms with Gasteiger partial charge in [0.2, 0.25) is 0 Å². The van der Waals surface area contributed by atoms with Crippen LogP contribution in [0.25, 0.3) is 10.4 Å². The Morgan fingerprint density at radius 1 is 1.17 bits per heavy atom. The summed E-state index contributed by atoms with van der Waals surface area (Å²) in [6, 6.07) is 10.3. The minimum Gasteiger partial charge on any atom is -0.316 e. The first-order chi connectivity index (χ1) is 11.9. The number of rotatable bonds is 5. The van der Waals surface area contributed by atoms with Gasteiger partial charge in [0.05, 0.1) is 16.8 Å². The third-order valence-electron chi connectivity index (χ3n) is 4.14. The molecule has 0 unspecified atom stereocenters. The van der Waals surface area contributed by atoms with Crippen molar-refractivity contribution >= 4 is 22.3 Å². The SMILES string of the molecule is c1ccc(-c2cnc(Nc3cncc(C[C@H]4CCNC4)n3)s2)cc1. The Kier molecular flexibility index (Phi) is 4.49. The number of nitrogens with zero attached hydrogens (tertiary/aromatic N) is 3. The second kappa shape index (κ2) is 7.07. The maximum atomic E-state index is 4.68. The molecule has 1 aromatic carbocycles. The molecule has 122 valence electrons. The van der Waals surface area contributed by atoms with Crippen LogP contribution in [-0.4, -0.2) is 28.0 Å². The lowest BCUT2D eigenvalue weighted by molar-refractivity contribution is 0.571. The van der Waals surface area contributed by atoms with Crippen LogP contribution in [-0.2, 0) is 6.42 Å². The van der Waals surface area contributed by atoms with E-state index in [2.05, 4.69) is 37.7 Å². The highest BCUT2D eigenvalue weighted by Crippen LogP contribution is 2.30. The molecule has 0 radical (unpaired) electrons. The Morgan fingerprint density at radius 2 is 2.08 bits per heavy atom. The zero-order valence-electron chi connectivity index (χ0n) is 13.3. The van der Waals surface area contributed by atoms with E-state index >= 15 is 0 Å². The third-order valence-corrected chi connectivity index (χ3v) is 5.11. The summed E-state index contributed by atoms with van der Waals surface area (Å²) >= 11 is 1.62. The zero-order chi connectivity index (χ0) is 16.2. The van der Waals surface area contributed by atoms with E-state index in [0.717, 1.165) is 41.0 Å². The van der Waals surface area contributed by atoms with Crippen molar-refractivity contribution in [2.75, 3.05) is 18.4 Å². The Bertz CT molecular complexity index is 796. The summed E-state index contributed by atoms with van der Waals surface area (Å²) in [6.45, 7) is 2.18. The summed E-state index contributed by atoms with van der Waals surface area (Å²) in [6.07, 6.45) is 7.69. The van der Waals surface area contributed by atoms with Crippen LogP contribution in [0.1, 0.15) is 12.1 Å². The van der Waals surface area contributed by atoms with Crippen molar-refractivity contribution < 1.29 is 0 Å². The molecular weight excluding hydrogens is 318 g/mol. The molecular formula is C18H19N5S. The van der Waals surface area contributed by atoms with Crippen LogP contribution in [0.3, 0.4) is 0 Å². The van der Waals surface area contributed by atoms with Gasteiger partial charge >= 0.3 is 0 Å². The number of hydrogen-bond acceptors (Lipinski definition) is 6. The van der Waals surface area contributed by atoms with E-state index in [4.69, 9.17) is 0 Å². The predicted octanol–water partition coefficient (Wildman–Crippen LogP) is 3.50. The molecule has 6 heteroatoms. The van der Waals surface area contributed by atoms with Crippen LogP contribution in [0.2, 0.25) is 0 Å². The van der Waals surface area contributed by atoms with Crippen molar-refractivity contribution in [3.63, 3.8) is 0 Å². The molecule has 1 aliphatic rings. The molecule has 5 nitrogen and oxygen atoms in total. The van der Waals surface area contributed by atoms with E-state index in [1.54, 1.807) is 17.5 Å². The van der Waals surface area contributed by atoms with Gasteiger partial charge in [0.1, 0.15) is 0 Å². The molecule has 1 fully saturated rings. The minimum atomic E-state index is 0.666. The number of thiazole rings is 1. The molecule has 0 bridgehead atoms. The first-order valence-corrected chi connectivity index (χ1v) is 8.98. The van der Waals surface area contributed by atoms with Gasteiger partial charge in [-0.1, -0.05) is 41.7 Å². The number of hydrogen-bond donors (Lipinski definition) is 2. The van der Waals surface area contributed by atoms with Crippen molar-refractivity contribution in [2.45, 2.75) is 12.8 Å². The first-order valence-electron chi connectivity index (χ1n) is 8.17. The van der Waals surface area contributed by atoms with Crippen molar-refractivity contribution in [2.24, 2.45) is 5.92 Å². The van der Waals surface area contributed by atoms with E-state index in [0.29, 0.717) is 5.92 Å². The summed E-state index contributed by atoms with van der Waals surface area (Å²) in [4.78, 5) is 14.6. The highest BCUT2D eigenvalue weighted by atomic mass is 32.1. The molecule has 2 N–H and O–H groups in total. The van der Waals surface area contributed by atoms with Crippen LogP contribution in [0.15, 0.2) is 48.9 Å². The minimum absolute atomic E-state index is 0.666. The van der Waals surface area contributed by atoms with E-state index < -0.39 is 0 Å². The van der Waals surface area contributed by atoms with Crippen molar-refractivity contribution in [3.05, 3.63) is 54.6 Å². The van der Waals surface area contributed by atoms with Crippen LogP contribution in [0, 0.1) is 5.92 Å². The van der Waals surface area contributed by atoms with Gasteiger partial charge in [-0.05, 0) is 37.4 Å². The Hall–Kier alpha value is -2.31. The maximum absolute atomic E-state index is 4.68. The zero-order valence-corrected chi connectivity index (χ0v) is 14.1. The van der Waals surface area contributed by atoms with Crippen molar-refractivity contribution in [3.8, 4) is 10.4 Å². The average molecular weight is 337 g/mol. The van der Waals surface area contributed by atoms with Crippen molar-refractivity contribution in [1.82, 2.24) is 20.3 Å². The molecule has 3 heterocycles. The van der Waals surface area contributed by atoms with E-state index in [1.807, 2.05) is 30.6 Å². The standard InChI is InChI=1S/C18H19N5S/c1-2-4-14(5-3-1)16-11-21-18(24-16)23-17-12-20-10-15(22-17)8-13-6-7-19-9-13/h1-5,10-13,19H,6-9H2,(H,21,22,23)/t13-/m1/s1. The fraction of sp³-hybridized carbons (Fsp3) is 0.278. The molecule has 0 saturated carbocycles. The number of nitrogens with one attached hydrogen (secondary N) is 2. The Balaban J connectivity index is 1.46. The van der Waals surface area contributed by atoms with Gasteiger partial charge in [-0.15, -0.1) is 0 Å². The van der Waals surface area contributed by atoms with Gasteiger partial charge in [0.25, 0.3) is 0 Å². The van der Waals surface area contributed by atoms with Crippen LogP contribution >= 0.6 is 11.3 Å². The molecule has 2 aromatic heterocycles. The van der Waals surface area contributed by atoms with Crippen LogP contribution < -0.4 is 10.6 Å². The van der Waals surface area contributed by atoms with Gasteiger partial charge in [-0.2, -0.15) is 0 Å². The molecule has 4 rings (SSSR count). The summed E-state index contributed by atoms with van der Waals surface area (Å²) in [5.41, 5.74) is 2.21. The topological polar surface area (TPSA) is 62.7 Å². The predicted molar refractivity (Wildman–Crippen MR) is 97.5 cm³/mol. The molecule has 0 aliphatic carbocycles. The third kappa shape index (κ3) is 3.60. The fourth-order valence-corrected chi connectivity index (χ4v) is 3.76. The number of aromatic nitrogens is 3. The van der Waals surface area contributed by atoms with E-state index in [1.165, 1.54) is 12.0 Å². The quantitative estimate of drug-likeness (QED) is 0.746. The summed E-state index contributed by atoms with van der Waals surface area (Å²) in [7, 11) is 0. The van der Waals surface area contributed by atoms with Gasteiger partial charge in [-0.25, -0.2) is 9.97 Å². The lowest BCUT2D eigenvalue weighted by atomic mass is 10.0. The summed E-state index contributed by atoms with van der Waals surface area (Å²) in [5, 5.41) is 7.51. The summed E-state index contributed by atoms with van der Waals surface area (Å²) in [5.74, 6) is 1.42. The number of benzene rings is 1. The molecule has 1 saturated heterocycles. The maximum Gasteiger partial charge on any atom is 0.188 e. The molecule has 0 spiro atoms. The number of anilines is 2. The molecule has 1 aliphatic heterocycles. The lowest BCUT2D eigenvalue weighted by Gasteiger charge is -2.08. The largest absolute Gasteiger partial charge is 0.316 e. The monoisotopic (exact) mass is 337 g/mol. The normalized spacial score (nSPS) is 17.1. The van der Waals surface area contributed by atoms with Gasteiger partial charge in [-0.3, -0.25) is 4.98 Å².